The third-order valence-electron chi connectivity index (χ3n) is 3.40. The zero-order chi connectivity index (χ0) is 21.4. The number of rotatable bonds is 8. The molecule has 0 aliphatic heterocycles. The minimum absolute atomic E-state index is 0.0157. The lowest BCUT2D eigenvalue weighted by Gasteiger charge is -2.11. The minimum atomic E-state index is -3.92. The summed E-state index contributed by atoms with van der Waals surface area (Å²) in [6.07, 6.45) is 0.917. The molecule has 0 saturated heterocycles. The second-order valence-electron chi connectivity index (χ2n) is 5.29. The van der Waals surface area contributed by atoms with E-state index in [1.54, 1.807) is 0 Å². The highest BCUT2D eigenvalue weighted by Crippen LogP contribution is 2.19. The third kappa shape index (κ3) is 5.90. The summed E-state index contributed by atoms with van der Waals surface area (Å²) in [7, 11) is -0.200. The number of esters is 2. The molecule has 0 atom stereocenters. The summed E-state index contributed by atoms with van der Waals surface area (Å²) in [6.45, 7) is 0. The van der Waals surface area contributed by atoms with Crippen LogP contribution in [0.3, 0.4) is 0 Å². The van der Waals surface area contributed by atoms with Crippen LogP contribution < -0.4 is 14.8 Å². The first-order valence-electron chi connectivity index (χ1n) is 7.94. The van der Waals surface area contributed by atoms with E-state index >= 15 is 0 Å². The lowest BCUT2D eigenvalue weighted by molar-refractivity contribution is -0.138. The van der Waals surface area contributed by atoms with Crippen molar-refractivity contribution < 1.29 is 32.2 Å². The lowest BCUT2D eigenvalue weighted by Crippen LogP contribution is -2.16. The van der Waals surface area contributed by atoms with Gasteiger partial charge in [0.1, 0.15) is 5.70 Å². The summed E-state index contributed by atoms with van der Waals surface area (Å²) in [6, 6.07) is 8.27. The van der Waals surface area contributed by atoms with E-state index in [0.29, 0.717) is 5.69 Å². The van der Waals surface area contributed by atoms with Gasteiger partial charge in [0.25, 0.3) is 10.0 Å². The number of ether oxygens (including phenoxy) is 3. The molecule has 0 bridgehead atoms. The van der Waals surface area contributed by atoms with Gasteiger partial charge in [0.15, 0.2) is 5.82 Å². The predicted octanol–water partition coefficient (Wildman–Crippen LogP) is 0.928. The van der Waals surface area contributed by atoms with Crippen molar-refractivity contribution in [1.29, 1.82) is 0 Å². The molecule has 0 aliphatic carbocycles. The molecule has 0 aliphatic rings. The number of hydrogen-bond acceptors (Lipinski definition) is 10. The molecule has 2 aromatic rings. The highest BCUT2D eigenvalue weighted by atomic mass is 32.2. The maximum absolute atomic E-state index is 12.5. The summed E-state index contributed by atoms with van der Waals surface area (Å²) >= 11 is 0. The third-order valence-corrected chi connectivity index (χ3v) is 4.77. The zero-order valence-electron chi connectivity index (χ0n) is 15.7. The van der Waals surface area contributed by atoms with Crippen LogP contribution in [-0.2, 0) is 29.1 Å². The van der Waals surface area contributed by atoms with Crippen LogP contribution in [0.1, 0.15) is 0 Å². The topological polar surface area (TPSA) is 146 Å². The summed E-state index contributed by atoms with van der Waals surface area (Å²) < 4.78 is 41.1. The summed E-state index contributed by atoms with van der Waals surface area (Å²) in [4.78, 5) is 23.1. The van der Waals surface area contributed by atoms with Gasteiger partial charge in [-0.2, -0.15) is 0 Å². The molecule has 12 heteroatoms. The Morgan fingerprint density at radius 1 is 0.966 bits per heavy atom. The first-order valence-corrected chi connectivity index (χ1v) is 9.43. The van der Waals surface area contributed by atoms with Gasteiger partial charge in [-0.3, -0.25) is 4.72 Å². The van der Waals surface area contributed by atoms with Gasteiger partial charge in [0.05, 0.1) is 32.3 Å². The van der Waals surface area contributed by atoms with Gasteiger partial charge in [0, 0.05) is 11.8 Å². The maximum Gasteiger partial charge on any atom is 0.354 e. The Labute approximate surface area is 166 Å². The maximum atomic E-state index is 12.5. The Morgan fingerprint density at radius 3 is 2.17 bits per heavy atom. The average molecular weight is 422 g/mol. The number of nitrogens with one attached hydrogen (secondary N) is 2. The van der Waals surface area contributed by atoms with Crippen LogP contribution in [0.25, 0.3) is 0 Å². The standard InChI is InChI=1S/C17H18N4O7S/c1-26-15-9-8-14(19-20-15)21-29(24,25)12-6-4-11(5-7-12)18-13(17(23)28-3)10-16(22)27-2/h4-10,18H,1-3H3,(H,19,21)/b13-10+. The largest absolute Gasteiger partial charge is 0.480 e. The SMILES string of the molecule is COC(=O)/C=C(/Nc1ccc(S(=O)(=O)Nc2ccc(OC)nn2)cc1)C(=O)OC. The van der Waals surface area contributed by atoms with E-state index in [-0.39, 0.29) is 22.3 Å². The molecule has 11 nitrogen and oxygen atoms in total. The number of sulfonamides is 1. The molecule has 2 N–H and O–H groups in total. The van der Waals surface area contributed by atoms with Crippen LogP contribution in [0.4, 0.5) is 11.5 Å². The molecule has 154 valence electrons. The second-order valence-corrected chi connectivity index (χ2v) is 6.97. The predicted molar refractivity (Wildman–Crippen MR) is 102 cm³/mol. The normalized spacial score (nSPS) is 11.3. The number of anilines is 2. The molecule has 1 heterocycles. The van der Waals surface area contributed by atoms with Crippen molar-refractivity contribution in [2.75, 3.05) is 31.4 Å². The highest BCUT2D eigenvalue weighted by molar-refractivity contribution is 7.92. The number of hydrogen-bond donors (Lipinski definition) is 2. The van der Waals surface area contributed by atoms with Gasteiger partial charge in [-0.25, -0.2) is 18.0 Å². The Kier molecular flexibility index (Phi) is 7.09. The molecular formula is C17H18N4O7S. The fraction of sp³-hybridized carbons (Fsp3) is 0.176. The Hall–Kier alpha value is -3.67. The molecule has 0 spiro atoms. The zero-order valence-corrected chi connectivity index (χ0v) is 16.5. The van der Waals surface area contributed by atoms with E-state index in [1.807, 2.05) is 0 Å². The van der Waals surface area contributed by atoms with Gasteiger partial charge in [-0.05, 0) is 30.3 Å². The van der Waals surface area contributed by atoms with Gasteiger partial charge >= 0.3 is 11.9 Å². The van der Waals surface area contributed by atoms with Crippen molar-refractivity contribution in [3.8, 4) is 5.88 Å². The van der Waals surface area contributed by atoms with E-state index in [1.165, 1.54) is 43.5 Å². The molecular weight excluding hydrogens is 404 g/mol. The van der Waals surface area contributed by atoms with E-state index in [0.717, 1.165) is 20.3 Å². The van der Waals surface area contributed by atoms with Gasteiger partial charge in [-0.15, -0.1) is 10.2 Å². The van der Waals surface area contributed by atoms with Crippen LogP contribution in [0.5, 0.6) is 5.88 Å². The van der Waals surface area contributed by atoms with Gasteiger partial charge < -0.3 is 19.5 Å². The number of carbonyl (C=O) groups is 2. The van der Waals surface area contributed by atoms with Crippen molar-refractivity contribution >= 4 is 33.5 Å². The number of carbonyl (C=O) groups excluding carboxylic acids is 2. The molecule has 1 aromatic carbocycles. The number of aromatic nitrogens is 2. The molecule has 0 unspecified atom stereocenters. The highest BCUT2D eigenvalue weighted by Gasteiger charge is 2.17. The van der Waals surface area contributed by atoms with Crippen LogP contribution in [-0.4, -0.2) is 51.9 Å². The smallest absolute Gasteiger partial charge is 0.354 e. The Bertz CT molecular complexity index is 1000. The second kappa shape index (κ2) is 9.50. The van der Waals surface area contributed by atoms with Crippen LogP contribution >= 0.6 is 0 Å². The van der Waals surface area contributed by atoms with Crippen LogP contribution in [0, 0.1) is 0 Å². The first kappa shape index (κ1) is 21.6. The molecule has 0 radical (unpaired) electrons. The molecule has 0 amide bonds. The summed E-state index contributed by atoms with van der Waals surface area (Å²) in [5.74, 6) is -1.31. The fourth-order valence-corrected chi connectivity index (χ4v) is 2.98. The van der Waals surface area contributed by atoms with E-state index < -0.39 is 22.0 Å². The average Bonchev–Trinajstić information content (AvgIpc) is 2.73. The van der Waals surface area contributed by atoms with Crippen molar-refractivity contribution in [2.45, 2.75) is 4.90 Å². The summed E-state index contributed by atoms with van der Waals surface area (Å²) in [5.41, 5.74) is 0.162. The number of nitrogens with zero attached hydrogens (tertiary/aromatic N) is 2. The van der Waals surface area contributed by atoms with Crippen LogP contribution in [0.2, 0.25) is 0 Å². The van der Waals surface area contributed by atoms with E-state index in [2.05, 4.69) is 29.7 Å². The minimum Gasteiger partial charge on any atom is -0.480 e. The fourth-order valence-electron chi connectivity index (χ4n) is 1.99. The van der Waals surface area contributed by atoms with Crippen molar-refractivity contribution in [3.05, 3.63) is 48.2 Å². The monoisotopic (exact) mass is 422 g/mol. The van der Waals surface area contributed by atoms with E-state index in [4.69, 9.17) is 4.74 Å². The van der Waals surface area contributed by atoms with Gasteiger partial charge in [-0.1, -0.05) is 0 Å². The molecule has 1 aromatic heterocycles. The molecule has 29 heavy (non-hydrogen) atoms. The Morgan fingerprint density at radius 2 is 1.66 bits per heavy atom. The number of benzene rings is 1. The van der Waals surface area contributed by atoms with Crippen molar-refractivity contribution in [3.63, 3.8) is 0 Å². The molecule has 0 fully saturated rings. The Balaban J connectivity index is 2.17. The number of methoxy groups -OCH3 is 3. The van der Waals surface area contributed by atoms with E-state index in [9.17, 15) is 18.0 Å². The first-order chi connectivity index (χ1) is 13.8. The lowest BCUT2D eigenvalue weighted by atomic mass is 10.3. The van der Waals surface area contributed by atoms with Crippen molar-refractivity contribution in [1.82, 2.24) is 10.2 Å². The summed E-state index contributed by atoms with van der Waals surface area (Å²) in [5, 5.41) is 10.1. The quantitative estimate of drug-likeness (QED) is 0.465. The molecule has 2 rings (SSSR count). The van der Waals surface area contributed by atoms with Crippen LogP contribution in [0.15, 0.2) is 53.1 Å². The van der Waals surface area contributed by atoms with Crippen molar-refractivity contribution in [2.24, 2.45) is 0 Å². The van der Waals surface area contributed by atoms with Gasteiger partial charge in [0.2, 0.25) is 5.88 Å². The molecule has 0 saturated carbocycles.